The van der Waals surface area contributed by atoms with E-state index in [-0.39, 0.29) is 0 Å². The molecule has 0 aliphatic heterocycles. The molecular weight excluding hydrogens is 262 g/mol. The highest BCUT2D eigenvalue weighted by Gasteiger charge is 2.20. The van der Waals surface area contributed by atoms with Crippen molar-refractivity contribution in [2.24, 2.45) is 7.05 Å². The summed E-state index contributed by atoms with van der Waals surface area (Å²) in [6.07, 6.45) is 5.33. The lowest BCUT2D eigenvalue weighted by Crippen LogP contribution is -2.27. The fraction of sp³-hybridized carbons (Fsp3) is 0.312. The Labute approximate surface area is 123 Å². The zero-order valence-corrected chi connectivity index (χ0v) is 12.0. The molecule has 0 amide bonds. The van der Waals surface area contributed by atoms with E-state index >= 15 is 0 Å². The van der Waals surface area contributed by atoms with Crippen LogP contribution in [0.5, 0.6) is 0 Å². The van der Waals surface area contributed by atoms with Gasteiger partial charge in [-0.15, -0.1) is 0 Å². The third kappa shape index (κ3) is 2.05. The minimum atomic E-state index is 0.533. The van der Waals surface area contributed by atoms with E-state index in [0.717, 1.165) is 28.4 Å². The van der Waals surface area contributed by atoms with E-state index in [1.54, 1.807) is 6.33 Å². The smallest absolute Gasteiger partial charge is 0.165 e. The van der Waals surface area contributed by atoms with Crippen molar-refractivity contribution in [3.05, 3.63) is 36.7 Å². The van der Waals surface area contributed by atoms with E-state index in [0.29, 0.717) is 6.04 Å². The Morgan fingerprint density at radius 1 is 1.14 bits per heavy atom. The fourth-order valence-electron chi connectivity index (χ4n) is 2.70. The van der Waals surface area contributed by atoms with Gasteiger partial charge in [-0.2, -0.15) is 0 Å². The SMILES string of the molecule is Cn1c(-c2ccccc2)nc2c(NC3CCC3)ncnc21. The second-order valence-corrected chi connectivity index (χ2v) is 5.53. The molecule has 1 fully saturated rings. The average molecular weight is 279 g/mol. The molecule has 5 nitrogen and oxygen atoms in total. The Morgan fingerprint density at radius 2 is 1.95 bits per heavy atom. The summed E-state index contributed by atoms with van der Waals surface area (Å²) in [6, 6.07) is 10.7. The topological polar surface area (TPSA) is 55.6 Å². The third-order valence-electron chi connectivity index (χ3n) is 4.13. The Bertz CT molecular complexity index is 774. The maximum atomic E-state index is 4.77. The maximum Gasteiger partial charge on any atom is 0.165 e. The highest BCUT2D eigenvalue weighted by molar-refractivity contribution is 5.86. The summed E-state index contributed by atoms with van der Waals surface area (Å²) in [7, 11) is 2.00. The molecule has 1 N–H and O–H groups in total. The molecule has 106 valence electrons. The molecule has 0 spiro atoms. The van der Waals surface area contributed by atoms with Crippen LogP contribution in [-0.2, 0) is 7.05 Å². The minimum Gasteiger partial charge on any atom is -0.365 e. The van der Waals surface area contributed by atoms with Crippen molar-refractivity contribution in [3.8, 4) is 11.4 Å². The van der Waals surface area contributed by atoms with Crippen molar-refractivity contribution in [2.45, 2.75) is 25.3 Å². The molecule has 1 saturated carbocycles. The van der Waals surface area contributed by atoms with E-state index < -0.39 is 0 Å². The summed E-state index contributed by atoms with van der Waals surface area (Å²) in [5.41, 5.74) is 2.81. The predicted molar refractivity (Wildman–Crippen MR) is 83.0 cm³/mol. The summed E-state index contributed by atoms with van der Waals surface area (Å²) in [5, 5.41) is 3.49. The van der Waals surface area contributed by atoms with Crippen LogP contribution < -0.4 is 5.32 Å². The van der Waals surface area contributed by atoms with Gasteiger partial charge in [-0.05, 0) is 19.3 Å². The number of imidazole rings is 1. The summed E-state index contributed by atoms with van der Waals surface area (Å²) >= 11 is 0. The van der Waals surface area contributed by atoms with E-state index in [2.05, 4.69) is 27.4 Å². The normalized spacial score (nSPS) is 15.1. The number of nitrogens with zero attached hydrogens (tertiary/aromatic N) is 4. The predicted octanol–water partition coefficient (Wildman–Crippen LogP) is 2.99. The van der Waals surface area contributed by atoms with Gasteiger partial charge < -0.3 is 9.88 Å². The number of nitrogens with one attached hydrogen (secondary N) is 1. The molecule has 0 bridgehead atoms. The van der Waals surface area contributed by atoms with Gasteiger partial charge in [-0.3, -0.25) is 0 Å². The maximum absolute atomic E-state index is 4.77. The lowest BCUT2D eigenvalue weighted by Gasteiger charge is -2.26. The first-order valence-corrected chi connectivity index (χ1v) is 7.32. The zero-order chi connectivity index (χ0) is 14.2. The Hall–Kier alpha value is -2.43. The van der Waals surface area contributed by atoms with E-state index in [1.807, 2.05) is 29.8 Å². The first-order valence-electron chi connectivity index (χ1n) is 7.32. The zero-order valence-electron chi connectivity index (χ0n) is 12.0. The lowest BCUT2D eigenvalue weighted by molar-refractivity contribution is 0.444. The van der Waals surface area contributed by atoms with Crippen molar-refractivity contribution in [1.82, 2.24) is 19.5 Å². The summed E-state index contributed by atoms with van der Waals surface area (Å²) in [4.78, 5) is 13.5. The second kappa shape index (κ2) is 4.84. The van der Waals surface area contributed by atoms with Gasteiger partial charge in [0.15, 0.2) is 17.0 Å². The Balaban J connectivity index is 1.83. The second-order valence-electron chi connectivity index (χ2n) is 5.53. The van der Waals surface area contributed by atoms with Crippen LogP contribution in [-0.4, -0.2) is 25.6 Å². The fourth-order valence-corrected chi connectivity index (χ4v) is 2.70. The number of aryl methyl sites for hydroxylation is 1. The van der Waals surface area contributed by atoms with Crippen LogP contribution in [0, 0.1) is 0 Å². The molecule has 3 aromatic rings. The average Bonchev–Trinajstić information content (AvgIpc) is 2.82. The summed E-state index contributed by atoms with van der Waals surface area (Å²) in [6.45, 7) is 0. The molecule has 21 heavy (non-hydrogen) atoms. The van der Waals surface area contributed by atoms with Crippen molar-refractivity contribution in [1.29, 1.82) is 0 Å². The Kier molecular flexibility index (Phi) is 2.84. The highest BCUT2D eigenvalue weighted by Crippen LogP contribution is 2.28. The van der Waals surface area contributed by atoms with Gasteiger partial charge in [0, 0.05) is 18.7 Å². The quantitative estimate of drug-likeness (QED) is 0.800. The van der Waals surface area contributed by atoms with Crippen LogP contribution in [0.25, 0.3) is 22.6 Å². The van der Waals surface area contributed by atoms with E-state index in [1.165, 1.54) is 19.3 Å². The highest BCUT2D eigenvalue weighted by atomic mass is 15.2. The number of hydrogen-bond donors (Lipinski definition) is 1. The molecule has 4 rings (SSSR count). The van der Waals surface area contributed by atoms with Crippen molar-refractivity contribution >= 4 is 17.0 Å². The summed E-state index contributed by atoms with van der Waals surface area (Å²) in [5.74, 6) is 1.77. The van der Waals surface area contributed by atoms with Crippen LogP contribution in [0.3, 0.4) is 0 Å². The molecule has 0 unspecified atom stereocenters. The summed E-state index contributed by atoms with van der Waals surface area (Å²) < 4.78 is 2.03. The molecule has 0 radical (unpaired) electrons. The minimum absolute atomic E-state index is 0.533. The molecule has 0 saturated heterocycles. The number of anilines is 1. The molecular formula is C16H17N5. The lowest BCUT2D eigenvalue weighted by atomic mass is 9.93. The van der Waals surface area contributed by atoms with Gasteiger partial charge >= 0.3 is 0 Å². The van der Waals surface area contributed by atoms with Gasteiger partial charge in [0.2, 0.25) is 0 Å². The van der Waals surface area contributed by atoms with Crippen LogP contribution in [0.2, 0.25) is 0 Å². The van der Waals surface area contributed by atoms with Crippen LogP contribution in [0.4, 0.5) is 5.82 Å². The van der Waals surface area contributed by atoms with Crippen LogP contribution in [0.15, 0.2) is 36.7 Å². The van der Waals surface area contributed by atoms with Crippen LogP contribution >= 0.6 is 0 Å². The monoisotopic (exact) mass is 279 g/mol. The third-order valence-corrected chi connectivity index (χ3v) is 4.13. The van der Waals surface area contributed by atoms with Crippen LogP contribution in [0.1, 0.15) is 19.3 Å². The molecule has 1 aliphatic rings. The molecule has 5 heteroatoms. The van der Waals surface area contributed by atoms with Gasteiger partial charge in [-0.1, -0.05) is 30.3 Å². The number of fused-ring (bicyclic) bond motifs is 1. The number of aromatic nitrogens is 4. The van der Waals surface area contributed by atoms with Gasteiger partial charge in [0.1, 0.15) is 12.2 Å². The van der Waals surface area contributed by atoms with E-state index in [9.17, 15) is 0 Å². The number of hydrogen-bond acceptors (Lipinski definition) is 4. The first kappa shape index (κ1) is 12.3. The van der Waals surface area contributed by atoms with Crippen molar-refractivity contribution in [2.75, 3.05) is 5.32 Å². The molecule has 1 aliphatic carbocycles. The Morgan fingerprint density at radius 3 is 2.67 bits per heavy atom. The number of rotatable bonds is 3. The van der Waals surface area contributed by atoms with Crippen molar-refractivity contribution in [3.63, 3.8) is 0 Å². The van der Waals surface area contributed by atoms with Gasteiger partial charge in [0.25, 0.3) is 0 Å². The number of benzene rings is 1. The van der Waals surface area contributed by atoms with Crippen molar-refractivity contribution < 1.29 is 0 Å². The molecule has 2 aromatic heterocycles. The first-order chi connectivity index (χ1) is 10.3. The molecule has 2 heterocycles. The molecule has 0 atom stereocenters. The van der Waals surface area contributed by atoms with Gasteiger partial charge in [-0.25, -0.2) is 15.0 Å². The van der Waals surface area contributed by atoms with Gasteiger partial charge in [0.05, 0.1) is 0 Å². The standard InChI is InChI=1S/C16H17N5/c1-21-15(11-6-3-2-4-7-11)20-13-14(17-10-18-16(13)21)19-12-8-5-9-12/h2-4,6-7,10,12H,5,8-9H2,1H3,(H,17,18,19). The van der Waals surface area contributed by atoms with E-state index in [4.69, 9.17) is 4.98 Å². The molecule has 1 aromatic carbocycles. The largest absolute Gasteiger partial charge is 0.365 e.